The molecule has 0 aromatic heterocycles. The van der Waals surface area contributed by atoms with E-state index in [1.165, 1.54) is 11.1 Å². The van der Waals surface area contributed by atoms with E-state index in [9.17, 15) is 0 Å². The molecular weight excluding hydrogens is 467 g/mol. The Bertz CT molecular complexity index is 546. The van der Waals surface area contributed by atoms with Crippen LogP contribution in [0.5, 0.6) is 0 Å². The molecular formula is C21H37IN4O2. The van der Waals surface area contributed by atoms with E-state index in [1.807, 2.05) is 0 Å². The van der Waals surface area contributed by atoms with Crippen LogP contribution in [-0.2, 0) is 22.6 Å². The lowest BCUT2D eigenvalue weighted by Gasteiger charge is -2.13. The first-order valence-corrected chi connectivity index (χ1v) is 10.1. The monoisotopic (exact) mass is 504 g/mol. The van der Waals surface area contributed by atoms with Crippen LogP contribution in [0.3, 0.4) is 0 Å². The highest BCUT2D eigenvalue weighted by Gasteiger charge is 2.15. The molecule has 0 aliphatic carbocycles. The third-order valence-corrected chi connectivity index (χ3v) is 4.42. The molecule has 0 bridgehead atoms. The summed E-state index contributed by atoms with van der Waals surface area (Å²) in [6.07, 6.45) is 2.10. The van der Waals surface area contributed by atoms with Gasteiger partial charge in [0, 0.05) is 38.8 Å². The Hall–Kier alpha value is -0.900. The van der Waals surface area contributed by atoms with Crippen molar-refractivity contribution in [2.75, 3.05) is 53.6 Å². The van der Waals surface area contributed by atoms with Crippen molar-refractivity contribution in [1.82, 2.24) is 15.5 Å². The minimum absolute atomic E-state index is 0. The van der Waals surface area contributed by atoms with Crippen LogP contribution >= 0.6 is 24.0 Å². The number of nitrogens with one attached hydrogen (secondary N) is 2. The van der Waals surface area contributed by atoms with Gasteiger partial charge in [0.25, 0.3) is 0 Å². The van der Waals surface area contributed by atoms with E-state index < -0.39 is 0 Å². The van der Waals surface area contributed by atoms with Gasteiger partial charge in [-0.2, -0.15) is 0 Å². The van der Waals surface area contributed by atoms with Gasteiger partial charge in [0.1, 0.15) is 0 Å². The first-order valence-electron chi connectivity index (χ1n) is 10.1. The molecule has 1 aliphatic heterocycles. The Labute approximate surface area is 187 Å². The number of rotatable bonds is 11. The summed E-state index contributed by atoms with van der Waals surface area (Å²) >= 11 is 0. The third-order valence-electron chi connectivity index (χ3n) is 4.42. The van der Waals surface area contributed by atoms with Crippen molar-refractivity contribution in [3.8, 4) is 0 Å². The molecule has 0 radical (unpaired) electrons. The van der Waals surface area contributed by atoms with E-state index in [2.05, 4.69) is 65.8 Å². The number of halogens is 1. The van der Waals surface area contributed by atoms with Crippen molar-refractivity contribution in [3.05, 3.63) is 35.4 Å². The van der Waals surface area contributed by atoms with E-state index in [4.69, 9.17) is 9.47 Å². The molecule has 2 rings (SSSR count). The molecule has 0 amide bonds. The normalized spacial score (nSPS) is 16.9. The van der Waals surface area contributed by atoms with Gasteiger partial charge >= 0.3 is 0 Å². The second-order valence-electron chi connectivity index (χ2n) is 7.33. The number of benzene rings is 1. The maximum Gasteiger partial charge on any atom is 0.191 e. The molecule has 1 saturated heterocycles. The fourth-order valence-electron chi connectivity index (χ4n) is 2.97. The number of ether oxygens (including phenoxy) is 2. The van der Waals surface area contributed by atoms with Crippen LogP contribution < -0.4 is 10.6 Å². The topological polar surface area (TPSA) is 58.1 Å². The summed E-state index contributed by atoms with van der Waals surface area (Å²) in [6, 6.07) is 8.68. The lowest BCUT2D eigenvalue weighted by atomic mass is 10.1. The van der Waals surface area contributed by atoms with Crippen LogP contribution in [0.1, 0.15) is 30.9 Å². The zero-order valence-corrected chi connectivity index (χ0v) is 19.9. The predicted molar refractivity (Wildman–Crippen MR) is 126 cm³/mol. The third kappa shape index (κ3) is 10.6. The minimum atomic E-state index is 0. The van der Waals surface area contributed by atoms with Gasteiger partial charge in [0.15, 0.2) is 5.96 Å². The van der Waals surface area contributed by atoms with Gasteiger partial charge < -0.3 is 25.0 Å². The molecule has 0 spiro atoms. The highest BCUT2D eigenvalue weighted by atomic mass is 127. The van der Waals surface area contributed by atoms with Crippen LogP contribution in [0.15, 0.2) is 29.3 Å². The van der Waals surface area contributed by atoms with Gasteiger partial charge in [-0.3, -0.25) is 0 Å². The summed E-state index contributed by atoms with van der Waals surface area (Å²) in [5, 5.41) is 6.69. The average molecular weight is 504 g/mol. The molecule has 1 aromatic carbocycles. The summed E-state index contributed by atoms with van der Waals surface area (Å²) in [7, 11) is 4.17. The van der Waals surface area contributed by atoms with E-state index in [-0.39, 0.29) is 24.0 Å². The van der Waals surface area contributed by atoms with Crippen molar-refractivity contribution in [2.45, 2.75) is 32.9 Å². The Morgan fingerprint density at radius 1 is 1.21 bits per heavy atom. The minimum Gasteiger partial charge on any atom is -0.381 e. The van der Waals surface area contributed by atoms with Crippen molar-refractivity contribution in [1.29, 1.82) is 0 Å². The molecule has 0 saturated carbocycles. The van der Waals surface area contributed by atoms with Gasteiger partial charge in [-0.15, -0.1) is 24.0 Å². The molecule has 28 heavy (non-hydrogen) atoms. The van der Waals surface area contributed by atoms with Crippen LogP contribution in [0.4, 0.5) is 0 Å². The standard InChI is InChI=1S/C21H36N4O2.HI/c1-4-22-21(23-11-5-12-26-16-20-10-13-27-17-20)24-14-18-6-8-19(9-7-18)15-25(2)3;/h6-9,20H,4-5,10-17H2,1-3H3,(H2,22,23,24);1H. The molecule has 1 fully saturated rings. The average Bonchev–Trinajstić information content (AvgIpc) is 3.16. The van der Waals surface area contributed by atoms with Crippen molar-refractivity contribution < 1.29 is 9.47 Å². The van der Waals surface area contributed by atoms with Crippen molar-refractivity contribution in [3.63, 3.8) is 0 Å². The zero-order valence-electron chi connectivity index (χ0n) is 17.6. The van der Waals surface area contributed by atoms with Gasteiger partial charge in [0.05, 0.1) is 19.8 Å². The lowest BCUT2D eigenvalue weighted by Crippen LogP contribution is -2.38. The quantitative estimate of drug-likeness (QED) is 0.210. The Balaban J connectivity index is 0.00000392. The van der Waals surface area contributed by atoms with Crippen molar-refractivity contribution in [2.24, 2.45) is 10.9 Å². The van der Waals surface area contributed by atoms with Crippen LogP contribution in [0.25, 0.3) is 0 Å². The van der Waals surface area contributed by atoms with Gasteiger partial charge in [0.2, 0.25) is 0 Å². The van der Waals surface area contributed by atoms with E-state index in [0.29, 0.717) is 12.5 Å². The number of hydrogen-bond acceptors (Lipinski definition) is 4. The lowest BCUT2D eigenvalue weighted by molar-refractivity contribution is 0.0888. The van der Waals surface area contributed by atoms with E-state index in [0.717, 1.165) is 64.9 Å². The Morgan fingerprint density at radius 2 is 1.96 bits per heavy atom. The number of hydrogen-bond donors (Lipinski definition) is 2. The first-order chi connectivity index (χ1) is 13.2. The maximum absolute atomic E-state index is 5.74. The predicted octanol–water partition coefficient (Wildman–Crippen LogP) is 2.86. The van der Waals surface area contributed by atoms with Crippen LogP contribution in [-0.4, -0.2) is 64.5 Å². The molecule has 1 unspecified atom stereocenters. The Morgan fingerprint density at radius 3 is 2.61 bits per heavy atom. The highest BCUT2D eigenvalue weighted by molar-refractivity contribution is 14.0. The molecule has 160 valence electrons. The molecule has 1 aliphatic rings. The van der Waals surface area contributed by atoms with E-state index in [1.54, 1.807) is 0 Å². The van der Waals surface area contributed by atoms with Gasteiger partial charge in [-0.25, -0.2) is 4.99 Å². The second-order valence-corrected chi connectivity index (χ2v) is 7.33. The highest BCUT2D eigenvalue weighted by Crippen LogP contribution is 2.12. The van der Waals surface area contributed by atoms with Gasteiger partial charge in [-0.1, -0.05) is 24.3 Å². The molecule has 1 aromatic rings. The Kier molecular flexibility index (Phi) is 13.5. The first kappa shape index (κ1) is 25.1. The number of nitrogens with zero attached hydrogens (tertiary/aromatic N) is 2. The van der Waals surface area contributed by atoms with Gasteiger partial charge in [-0.05, 0) is 45.0 Å². The summed E-state index contributed by atoms with van der Waals surface area (Å²) in [5.74, 6) is 1.44. The fourth-order valence-corrected chi connectivity index (χ4v) is 2.97. The molecule has 1 atom stereocenters. The zero-order chi connectivity index (χ0) is 19.3. The molecule has 7 heteroatoms. The SMILES string of the molecule is CCNC(=NCc1ccc(CN(C)C)cc1)NCCCOCC1CCOC1.I. The second kappa shape index (κ2) is 15.0. The number of aliphatic imine (C=N–C) groups is 1. The molecule has 6 nitrogen and oxygen atoms in total. The van der Waals surface area contributed by atoms with Crippen molar-refractivity contribution >= 4 is 29.9 Å². The summed E-state index contributed by atoms with van der Waals surface area (Å²) in [6.45, 7) is 8.76. The molecule has 1 heterocycles. The fraction of sp³-hybridized carbons (Fsp3) is 0.667. The summed E-state index contributed by atoms with van der Waals surface area (Å²) < 4.78 is 11.1. The summed E-state index contributed by atoms with van der Waals surface area (Å²) in [5.41, 5.74) is 2.54. The van der Waals surface area contributed by atoms with Crippen LogP contribution in [0, 0.1) is 5.92 Å². The number of guanidine groups is 1. The molecule has 2 N–H and O–H groups in total. The maximum atomic E-state index is 5.74. The smallest absolute Gasteiger partial charge is 0.191 e. The van der Waals surface area contributed by atoms with E-state index >= 15 is 0 Å². The summed E-state index contributed by atoms with van der Waals surface area (Å²) in [4.78, 5) is 6.85. The van der Waals surface area contributed by atoms with Crippen LogP contribution in [0.2, 0.25) is 0 Å². The largest absolute Gasteiger partial charge is 0.381 e.